The molecule has 2 heterocycles. The summed E-state index contributed by atoms with van der Waals surface area (Å²) in [5.74, 6) is 0. The molecule has 2 aliphatic rings. The van der Waals surface area contributed by atoms with Crippen LogP contribution in [0.3, 0.4) is 0 Å². The van der Waals surface area contributed by atoms with E-state index in [1.54, 1.807) is 11.3 Å². The van der Waals surface area contributed by atoms with Crippen LogP contribution in [-0.4, -0.2) is 34.6 Å². The van der Waals surface area contributed by atoms with Crippen molar-refractivity contribution in [2.45, 2.75) is 63.6 Å². The second kappa shape index (κ2) is 5.90. The third-order valence-electron chi connectivity index (χ3n) is 4.82. The Balaban J connectivity index is 1.72. The summed E-state index contributed by atoms with van der Waals surface area (Å²) in [7, 11) is 0. The van der Waals surface area contributed by atoms with Crippen molar-refractivity contribution in [2.75, 3.05) is 13.1 Å². The standard InChI is InChI=1S/C15H25N3S/c1-13-5-8-17-15(6-3-2-4-7-15)12-18(13)11-14-16-9-10-19-14/h9-10,13,17H,2-8,11-12H2,1H3. The van der Waals surface area contributed by atoms with Gasteiger partial charge in [-0.1, -0.05) is 19.3 Å². The molecule has 3 nitrogen and oxygen atoms in total. The van der Waals surface area contributed by atoms with Gasteiger partial charge >= 0.3 is 0 Å². The lowest BCUT2D eigenvalue weighted by Gasteiger charge is -2.40. The van der Waals surface area contributed by atoms with Gasteiger partial charge in [0.2, 0.25) is 0 Å². The Kier molecular flexibility index (Phi) is 4.20. The first-order chi connectivity index (χ1) is 9.27. The van der Waals surface area contributed by atoms with Crippen LogP contribution in [0, 0.1) is 0 Å². The van der Waals surface area contributed by atoms with Gasteiger partial charge in [-0.2, -0.15) is 0 Å². The van der Waals surface area contributed by atoms with Crippen LogP contribution in [0.1, 0.15) is 50.5 Å². The zero-order valence-electron chi connectivity index (χ0n) is 11.9. The largest absolute Gasteiger partial charge is 0.310 e. The first kappa shape index (κ1) is 13.5. The Labute approximate surface area is 120 Å². The fourth-order valence-electron chi connectivity index (χ4n) is 3.61. The van der Waals surface area contributed by atoms with E-state index in [9.17, 15) is 0 Å². The average Bonchev–Trinajstić information content (AvgIpc) is 2.87. The molecule has 1 saturated carbocycles. The van der Waals surface area contributed by atoms with Crippen molar-refractivity contribution in [2.24, 2.45) is 0 Å². The molecule has 1 unspecified atom stereocenters. The lowest BCUT2D eigenvalue weighted by atomic mass is 9.81. The topological polar surface area (TPSA) is 28.2 Å². The predicted molar refractivity (Wildman–Crippen MR) is 80.4 cm³/mol. The van der Waals surface area contributed by atoms with Crippen LogP contribution < -0.4 is 5.32 Å². The predicted octanol–water partition coefficient (Wildman–Crippen LogP) is 3.03. The van der Waals surface area contributed by atoms with E-state index >= 15 is 0 Å². The quantitative estimate of drug-likeness (QED) is 0.902. The van der Waals surface area contributed by atoms with Crippen molar-refractivity contribution >= 4 is 11.3 Å². The molecule has 1 aromatic heterocycles. The van der Waals surface area contributed by atoms with Gasteiger partial charge in [0.1, 0.15) is 5.01 Å². The van der Waals surface area contributed by atoms with Gasteiger partial charge in [0, 0.05) is 29.7 Å². The maximum absolute atomic E-state index is 4.47. The van der Waals surface area contributed by atoms with Crippen LogP contribution in [0.25, 0.3) is 0 Å². The van der Waals surface area contributed by atoms with E-state index in [-0.39, 0.29) is 0 Å². The fourth-order valence-corrected chi connectivity index (χ4v) is 4.25. The number of nitrogens with zero attached hydrogens (tertiary/aromatic N) is 2. The summed E-state index contributed by atoms with van der Waals surface area (Å²) in [5, 5.41) is 7.23. The molecule has 1 aliphatic heterocycles. The summed E-state index contributed by atoms with van der Waals surface area (Å²) >= 11 is 1.79. The number of aromatic nitrogens is 1. The van der Waals surface area contributed by atoms with Crippen molar-refractivity contribution in [1.82, 2.24) is 15.2 Å². The number of hydrogen-bond donors (Lipinski definition) is 1. The molecule has 0 radical (unpaired) electrons. The molecular formula is C15H25N3S. The third-order valence-corrected chi connectivity index (χ3v) is 5.59. The van der Waals surface area contributed by atoms with Crippen molar-refractivity contribution in [1.29, 1.82) is 0 Å². The van der Waals surface area contributed by atoms with Gasteiger partial charge in [0.05, 0.1) is 6.54 Å². The van der Waals surface area contributed by atoms with Gasteiger partial charge in [0.15, 0.2) is 0 Å². The summed E-state index contributed by atoms with van der Waals surface area (Å²) in [6, 6.07) is 0.665. The SMILES string of the molecule is CC1CCNC2(CCCCC2)CN1Cc1nccs1. The first-order valence-electron chi connectivity index (χ1n) is 7.65. The smallest absolute Gasteiger partial charge is 0.107 e. The Morgan fingerprint density at radius 3 is 3.00 bits per heavy atom. The molecule has 1 aromatic rings. The number of thiazole rings is 1. The van der Waals surface area contributed by atoms with E-state index < -0.39 is 0 Å². The summed E-state index contributed by atoms with van der Waals surface area (Å²) < 4.78 is 0. The second-order valence-electron chi connectivity index (χ2n) is 6.24. The zero-order valence-corrected chi connectivity index (χ0v) is 12.7. The fraction of sp³-hybridized carbons (Fsp3) is 0.800. The molecule has 1 aliphatic carbocycles. The molecule has 19 heavy (non-hydrogen) atoms. The van der Waals surface area contributed by atoms with Crippen LogP contribution in [0.15, 0.2) is 11.6 Å². The van der Waals surface area contributed by atoms with Crippen LogP contribution in [-0.2, 0) is 6.54 Å². The Morgan fingerprint density at radius 1 is 1.42 bits per heavy atom. The first-order valence-corrected chi connectivity index (χ1v) is 8.53. The van der Waals surface area contributed by atoms with Crippen LogP contribution >= 0.6 is 11.3 Å². The number of hydrogen-bond acceptors (Lipinski definition) is 4. The number of nitrogens with one attached hydrogen (secondary N) is 1. The minimum Gasteiger partial charge on any atom is -0.310 e. The summed E-state index contributed by atoms with van der Waals surface area (Å²) in [5.41, 5.74) is 0.389. The molecule has 4 heteroatoms. The van der Waals surface area contributed by atoms with E-state index in [2.05, 4.69) is 27.5 Å². The average molecular weight is 279 g/mol. The van der Waals surface area contributed by atoms with E-state index in [0.29, 0.717) is 11.6 Å². The van der Waals surface area contributed by atoms with E-state index in [4.69, 9.17) is 0 Å². The van der Waals surface area contributed by atoms with Gasteiger partial charge in [-0.15, -0.1) is 11.3 Å². The normalized spacial score (nSPS) is 28.4. The van der Waals surface area contributed by atoms with Gasteiger partial charge in [-0.05, 0) is 32.7 Å². The Morgan fingerprint density at radius 2 is 2.26 bits per heavy atom. The summed E-state index contributed by atoms with van der Waals surface area (Å²) in [6.45, 7) is 5.78. The molecule has 2 fully saturated rings. The molecule has 3 rings (SSSR count). The minimum atomic E-state index is 0.389. The number of rotatable bonds is 2. The molecule has 0 bridgehead atoms. The lowest BCUT2D eigenvalue weighted by Crippen LogP contribution is -2.53. The maximum Gasteiger partial charge on any atom is 0.107 e. The molecule has 106 valence electrons. The van der Waals surface area contributed by atoms with Crippen LogP contribution in [0.2, 0.25) is 0 Å². The highest BCUT2D eigenvalue weighted by Crippen LogP contribution is 2.32. The van der Waals surface area contributed by atoms with Crippen molar-refractivity contribution in [3.05, 3.63) is 16.6 Å². The monoisotopic (exact) mass is 279 g/mol. The van der Waals surface area contributed by atoms with Crippen molar-refractivity contribution in [3.63, 3.8) is 0 Å². The van der Waals surface area contributed by atoms with Crippen molar-refractivity contribution < 1.29 is 0 Å². The minimum absolute atomic E-state index is 0.389. The molecule has 1 spiro atoms. The van der Waals surface area contributed by atoms with E-state index in [0.717, 1.165) is 6.54 Å². The van der Waals surface area contributed by atoms with E-state index in [1.165, 1.54) is 56.6 Å². The van der Waals surface area contributed by atoms with Gasteiger partial charge in [-0.25, -0.2) is 4.98 Å². The highest BCUT2D eigenvalue weighted by atomic mass is 32.1. The molecule has 0 aromatic carbocycles. The Bertz CT molecular complexity index is 384. The molecule has 0 amide bonds. The van der Waals surface area contributed by atoms with Gasteiger partial charge in [-0.3, -0.25) is 4.90 Å². The van der Waals surface area contributed by atoms with Gasteiger partial charge < -0.3 is 5.32 Å². The van der Waals surface area contributed by atoms with Crippen LogP contribution in [0.4, 0.5) is 0 Å². The Hall–Kier alpha value is -0.450. The van der Waals surface area contributed by atoms with Crippen LogP contribution in [0.5, 0.6) is 0 Å². The molecule has 1 saturated heterocycles. The summed E-state index contributed by atoms with van der Waals surface area (Å²) in [4.78, 5) is 7.12. The molecule has 1 atom stereocenters. The molecular weight excluding hydrogens is 254 g/mol. The maximum atomic E-state index is 4.47. The lowest BCUT2D eigenvalue weighted by molar-refractivity contribution is 0.131. The highest BCUT2D eigenvalue weighted by molar-refractivity contribution is 7.09. The zero-order chi connectivity index (χ0) is 13.1. The second-order valence-corrected chi connectivity index (χ2v) is 7.22. The highest BCUT2D eigenvalue weighted by Gasteiger charge is 2.36. The van der Waals surface area contributed by atoms with E-state index in [1.807, 2.05) is 6.20 Å². The van der Waals surface area contributed by atoms with Gasteiger partial charge in [0.25, 0.3) is 0 Å². The third kappa shape index (κ3) is 3.18. The molecule has 1 N–H and O–H groups in total. The summed E-state index contributed by atoms with van der Waals surface area (Å²) in [6.07, 6.45) is 10.1. The van der Waals surface area contributed by atoms with Crippen molar-refractivity contribution in [3.8, 4) is 0 Å².